The Morgan fingerprint density at radius 1 is 0.449 bits per heavy atom. The Labute approximate surface area is 287 Å². The monoisotopic (exact) mass is 633 g/mol. The summed E-state index contributed by atoms with van der Waals surface area (Å²) in [5.41, 5.74) is 12.3. The molecule has 0 N–H and O–H groups in total. The fourth-order valence-electron chi connectivity index (χ4n) is 6.49. The van der Waals surface area contributed by atoms with Crippen molar-refractivity contribution in [1.82, 2.24) is 14.5 Å². The first-order valence-corrected chi connectivity index (χ1v) is 16.5. The Morgan fingerprint density at radius 3 is 1.49 bits per heavy atom. The van der Waals surface area contributed by atoms with E-state index in [1.165, 1.54) is 11.1 Å². The number of para-hydroxylation sites is 3. The minimum absolute atomic E-state index is 0.813. The summed E-state index contributed by atoms with van der Waals surface area (Å²) < 4.78 is 2.16. The maximum atomic E-state index is 5.24. The van der Waals surface area contributed by atoms with Crippen molar-refractivity contribution in [3.8, 4) is 17.1 Å². The summed E-state index contributed by atoms with van der Waals surface area (Å²) in [5, 5.41) is 0. The number of hydrogen-bond acceptors (Lipinski definition) is 4. The third kappa shape index (κ3) is 5.94. The maximum Gasteiger partial charge on any atom is 0.164 e. The number of anilines is 6. The summed E-state index contributed by atoms with van der Waals surface area (Å²) in [6.07, 6.45) is 1.83. The van der Waals surface area contributed by atoms with Crippen molar-refractivity contribution in [2.45, 2.75) is 13.8 Å². The first-order chi connectivity index (χ1) is 24.1. The van der Waals surface area contributed by atoms with Gasteiger partial charge in [0, 0.05) is 51.6 Å². The van der Waals surface area contributed by atoms with Crippen molar-refractivity contribution in [2.24, 2.45) is 0 Å². The van der Waals surface area contributed by atoms with Crippen molar-refractivity contribution < 1.29 is 0 Å². The lowest BCUT2D eigenvalue weighted by atomic mass is 10.1. The molecule has 0 unspecified atom stereocenters. The molecule has 0 amide bonds. The average Bonchev–Trinajstić information content (AvgIpc) is 3.53. The molecule has 236 valence electrons. The Kier molecular flexibility index (Phi) is 7.92. The molecule has 0 aliphatic heterocycles. The third-order valence-electron chi connectivity index (χ3n) is 8.66. The molecule has 5 heteroatoms. The SMILES string of the molecule is Cc1cccc(N(c2ccccc2)c2cc(-c3nc4cccnc4n3-c3ccccc3)cc(N(c3ccccc3)c3cccc(C)c3)c2)c1. The zero-order valence-electron chi connectivity index (χ0n) is 27.5. The van der Waals surface area contributed by atoms with Gasteiger partial charge in [-0.15, -0.1) is 0 Å². The molecule has 0 aliphatic carbocycles. The molecule has 6 aromatic carbocycles. The molecule has 0 saturated carbocycles. The Morgan fingerprint density at radius 2 is 0.959 bits per heavy atom. The normalized spacial score (nSPS) is 11.1. The Bertz CT molecular complexity index is 2260. The molecular weight excluding hydrogens is 599 g/mol. The molecule has 0 saturated heterocycles. The van der Waals surface area contributed by atoms with Crippen LogP contribution in [0.3, 0.4) is 0 Å². The molecule has 0 fully saturated rings. The van der Waals surface area contributed by atoms with E-state index in [4.69, 9.17) is 9.97 Å². The molecule has 8 rings (SSSR count). The summed E-state index contributed by atoms with van der Waals surface area (Å²) in [6, 6.07) is 59.6. The van der Waals surface area contributed by atoms with E-state index in [2.05, 4.69) is 180 Å². The summed E-state index contributed by atoms with van der Waals surface area (Å²) in [6.45, 7) is 4.28. The first kappa shape index (κ1) is 29.9. The van der Waals surface area contributed by atoms with Gasteiger partial charge in [0.1, 0.15) is 11.3 Å². The standard InChI is InChI=1S/C44H35N5/c1-32-15-12-23-38(27-32)47(35-17-6-3-7-18-35)40-29-34(43-46-42-25-14-26-45-44(42)49(43)37-21-10-5-11-22-37)30-41(31-40)48(36-19-8-4-9-20-36)39-24-13-16-33(2)28-39/h3-31H,1-2H3. The highest BCUT2D eigenvalue weighted by Gasteiger charge is 2.22. The molecule has 0 aliphatic rings. The molecule has 0 spiro atoms. The van der Waals surface area contributed by atoms with Gasteiger partial charge in [-0.2, -0.15) is 0 Å². The number of imidazole rings is 1. The van der Waals surface area contributed by atoms with E-state index in [9.17, 15) is 0 Å². The van der Waals surface area contributed by atoms with Crippen LogP contribution in [0.4, 0.5) is 34.1 Å². The second-order valence-electron chi connectivity index (χ2n) is 12.2. The number of aromatic nitrogens is 3. The number of benzene rings is 6. The van der Waals surface area contributed by atoms with Crippen molar-refractivity contribution in [1.29, 1.82) is 0 Å². The maximum absolute atomic E-state index is 5.24. The van der Waals surface area contributed by atoms with Gasteiger partial charge in [-0.3, -0.25) is 4.57 Å². The largest absolute Gasteiger partial charge is 0.310 e. The second kappa shape index (κ2) is 13.0. The van der Waals surface area contributed by atoms with Crippen LogP contribution in [0.15, 0.2) is 176 Å². The minimum Gasteiger partial charge on any atom is -0.310 e. The number of hydrogen-bond donors (Lipinski definition) is 0. The van der Waals surface area contributed by atoms with Gasteiger partial charge in [0.25, 0.3) is 0 Å². The van der Waals surface area contributed by atoms with E-state index in [0.717, 1.165) is 62.4 Å². The molecule has 5 nitrogen and oxygen atoms in total. The fraction of sp³-hybridized carbons (Fsp3) is 0.0455. The van der Waals surface area contributed by atoms with Crippen LogP contribution < -0.4 is 9.80 Å². The number of rotatable bonds is 8. The zero-order chi connectivity index (χ0) is 33.2. The molecule has 8 aromatic rings. The van der Waals surface area contributed by atoms with Crippen LogP contribution >= 0.6 is 0 Å². The highest BCUT2D eigenvalue weighted by molar-refractivity contribution is 5.88. The lowest BCUT2D eigenvalue weighted by Crippen LogP contribution is -2.14. The molecule has 49 heavy (non-hydrogen) atoms. The van der Waals surface area contributed by atoms with Gasteiger partial charge in [-0.25, -0.2) is 9.97 Å². The second-order valence-corrected chi connectivity index (χ2v) is 12.2. The first-order valence-electron chi connectivity index (χ1n) is 16.5. The van der Waals surface area contributed by atoms with Crippen molar-refractivity contribution >= 4 is 45.3 Å². The summed E-state index contributed by atoms with van der Waals surface area (Å²) in [7, 11) is 0. The molecule has 0 atom stereocenters. The van der Waals surface area contributed by atoms with Gasteiger partial charge in [0.05, 0.1) is 0 Å². The minimum atomic E-state index is 0.813. The van der Waals surface area contributed by atoms with Crippen LogP contribution in [0, 0.1) is 13.8 Å². The summed E-state index contributed by atoms with van der Waals surface area (Å²) in [4.78, 5) is 14.7. The van der Waals surface area contributed by atoms with Gasteiger partial charge < -0.3 is 9.80 Å². The molecular formula is C44H35N5. The third-order valence-corrected chi connectivity index (χ3v) is 8.66. The quantitative estimate of drug-likeness (QED) is 0.167. The van der Waals surface area contributed by atoms with Crippen LogP contribution in [0.2, 0.25) is 0 Å². The van der Waals surface area contributed by atoms with Gasteiger partial charge in [-0.05, 0) is 116 Å². The lowest BCUT2D eigenvalue weighted by Gasteiger charge is -2.30. The number of aryl methyl sites for hydroxylation is 2. The fourth-order valence-corrected chi connectivity index (χ4v) is 6.49. The van der Waals surface area contributed by atoms with Gasteiger partial charge in [0.15, 0.2) is 5.65 Å². The summed E-state index contributed by atoms with van der Waals surface area (Å²) in [5.74, 6) is 0.817. The molecule has 2 heterocycles. The highest BCUT2D eigenvalue weighted by atomic mass is 15.2. The average molecular weight is 634 g/mol. The van der Waals surface area contributed by atoms with E-state index < -0.39 is 0 Å². The van der Waals surface area contributed by atoms with Gasteiger partial charge in [-0.1, -0.05) is 78.9 Å². The van der Waals surface area contributed by atoms with Crippen LogP contribution in [-0.2, 0) is 0 Å². The predicted octanol–water partition coefficient (Wildman–Crippen LogP) is 11.6. The highest BCUT2D eigenvalue weighted by Crippen LogP contribution is 2.43. The number of nitrogens with zero attached hydrogens (tertiary/aromatic N) is 5. The van der Waals surface area contributed by atoms with E-state index >= 15 is 0 Å². The van der Waals surface area contributed by atoms with Crippen LogP contribution in [0.1, 0.15) is 11.1 Å². The Hall–Kier alpha value is -6.46. The number of pyridine rings is 1. The lowest BCUT2D eigenvalue weighted by molar-refractivity contribution is 1.08. The van der Waals surface area contributed by atoms with Crippen LogP contribution in [0.5, 0.6) is 0 Å². The van der Waals surface area contributed by atoms with E-state index in [1.54, 1.807) is 0 Å². The zero-order valence-corrected chi connectivity index (χ0v) is 27.5. The van der Waals surface area contributed by atoms with Gasteiger partial charge in [0.2, 0.25) is 0 Å². The Balaban J connectivity index is 1.45. The predicted molar refractivity (Wildman–Crippen MR) is 203 cm³/mol. The van der Waals surface area contributed by atoms with Crippen LogP contribution in [0.25, 0.3) is 28.2 Å². The summed E-state index contributed by atoms with van der Waals surface area (Å²) >= 11 is 0. The van der Waals surface area contributed by atoms with Crippen molar-refractivity contribution in [3.63, 3.8) is 0 Å². The van der Waals surface area contributed by atoms with Crippen molar-refractivity contribution in [2.75, 3.05) is 9.80 Å². The topological polar surface area (TPSA) is 37.2 Å². The van der Waals surface area contributed by atoms with Gasteiger partial charge >= 0.3 is 0 Å². The molecule has 0 radical (unpaired) electrons. The molecule has 2 aromatic heterocycles. The molecule has 0 bridgehead atoms. The number of fused-ring (bicyclic) bond motifs is 1. The van der Waals surface area contributed by atoms with E-state index in [-0.39, 0.29) is 0 Å². The van der Waals surface area contributed by atoms with Crippen molar-refractivity contribution in [3.05, 3.63) is 187 Å². The van der Waals surface area contributed by atoms with E-state index in [1.807, 2.05) is 24.4 Å². The van der Waals surface area contributed by atoms with Crippen LogP contribution in [-0.4, -0.2) is 14.5 Å². The van der Waals surface area contributed by atoms with E-state index in [0.29, 0.717) is 0 Å². The smallest absolute Gasteiger partial charge is 0.164 e.